The van der Waals surface area contributed by atoms with Gasteiger partial charge in [0.2, 0.25) is 5.91 Å². The number of nitrogens with zero attached hydrogens (tertiary/aromatic N) is 2. The summed E-state index contributed by atoms with van der Waals surface area (Å²) in [5.74, 6) is 1.12. The highest BCUT2D eigenvalue weighted by Crippen LogP contribution is 2.39. The highest BCUT2D eigenvalue weighted by molar-refractivity contribution is 5.77. The van der Waals surface area contributed by atoms with Crippen molar-refractivity contribution in [3.05, 3.63) is 0 Å². The minimum absolute atomic E-state index is 0.211. The fraction of sp³-hybridized carbons (Fsp3) is 0.947. The second kappa shape index (κ2) is 6.90. The number of carbonyl (C=O) groups excluding carboxylic acids is 1. The molecule has 2 saturated heterocycles. The standard InChI is InChI=1S/C19H34N2O/c1-19-12-14-21(17(19)11-7-4-8-13-20(19)2)18(22)15-16-9-5-3-6-10-16/h16-17H,3-15H2,1-2H3/t17-,19-/m0/s1. The van der Waals surface area contributed by atoms with Gasteiger partial charge in [0.15, 0.2) is 0 Å². The van der Waals surface area contributed by atoms with Gasteiger partial charge in [-0.1, -0.05) is 32.1 Å². The van der Waals surface area contributed by atoms with Gasteiger partial charge in [-0.05, 0) is 58.5 Å². The predicted octanol–water partition coefficient (Wildman–Crippen LogP) is 3.82. The molecule has 0 aromatic carbocycles. The molecule has 3 aliphatic rings. The monoisotopic (exact) mass is 306 g/mol. The van der Waals surface area contributed by atoms with Crippen LogP contribution in [0.3, 0.4) is 0 Å². The van der Waals surface area contributed by atoms with E-state index in [9.17, 15) is 4.79 Å². The van der Waals surface area contributed by atoms with E-state index in [1.54, 1.807) is 0 Å². The molecule has 2 aliphatic heterocycles. The zero-order valence-electron chi connectivity index (χ0n) is 14.6. The predicted molar refractivity (Wildman–Crippen MR) is 90.8 cm³/mol. The molecule has 0 bridgehead atoms. The van der Waals surface area contributed by atoms with Crippen molar-refractivity contribution < 1.29 is 4.79 Å². The van der Waals surface area contributed by atoms with Crippen LogP contribution in [0.25, 0.3) is 0 Å². The van der Waals surface area contributed by atoms with Crippen LogP contribution in [-0.4, -0.2) is 47.4 Å². The van der Waals surface area contributed by atoms with Crippen LogP contribution >= 0.6 is 0 Å². The highest BCUT2D eigenvalue weighted by atomic mass is 16.2. The Morgan fingerprint density at radius 1 is 1.00 bits per heavy atom. The summed E-state index contributed by atoms with van der Waals surface area (Å²) >= 11 is 0. The third kappa shape index (κ3) is 3.20. The van der Waals surface area contributed by atoms with Gasteiger partial charge in [-0.3, -0.25) is 9.69 Å². The van der Waals surface area contributed by atoms with E-state index in [1.165, 1.54) is 64.3 Å². The SMILES string of the molecule is CN1CCCCC[C@@H]2N(C(=O)CC3CCCCC3)CC[C@@]21C. The van der Waals surface area contributed by atoms with Crippen LogP contribution in [0.2, 0.25) is 0 Å². The molecule has 3 nitrogen and oxygen atoms in total. The maximum atomic E-state index is 12.9. The van der Waals surface area contributed by atoms with Crippen molar-refractivity contribution in [1.29, 1.82) is 0 Å². The highest BCUT2D eigenvalue weighted by Gasteiger charge is 2.48. The first kappa shape index (κ1) is 16.3. The van der Waals surface area contributed by atoms with Crippen LogP contribution in [0, 0.1) is 5.92 Å². The fourth-order valence-corrected chi connectivity index (χ4v) is 5.09. The molecule has 126 valence electrons. The van der Waals surface area contributed by atoms with Gasteiger partial charge < -0.3 is 4.90 Å². The molecule has 0 aromatic rings. The van der Waals surface area contributed by atoms with Gasteiger partial charge in [0.25, 0.3) is 0 Å². The van der Waals surface area contributed by atoms with Crippen LogP contribution in [0.15, 0.2) is 0 Å². The van der Waals surface area contributed by atoms with E-state index >= 15 is 0 Å². The molecule has 0 radical (unpaired) electrons. The first-order chi connectivity index (χ1) is 10.6. The minimum Gasteiger partial charge on any atom is -0.338 e. The maximum Gasteiger partial charge on any atom is 0.223 e. The zero-order chi connectivity index (χ0) is 15.6. The summed E-state index contributed by atoms with van der Waals surface area (Å²) in [4.78, 5) is 17.7. The van der Waals surface area contributed by atoms with Crippen LogP contribution in [0.4, 0.5) is 0 Å². The van der Waals surface area contributed by atoms with Gasteiger partial charge in [0, 0.05) is 24.5 Å². The van der Waals surface area contributed by atoms with Gasteiger partial charge in [-0.15, -0.1) is 0 Å². The Morgan fingerprint density at radius 3 is 2.45 bits per heavy atom. The molecule has 2 atom stereocenters. The molecular weight excluding hydrogens is 272 g/mol. The second-order valence-electron chi connectivity index (χ2n) is 8.19. The Hall–Kier alpha value is -0.570. The number of hydrogen-bond donors (Lipinski definition) is 0. The van der Waals surface area contributed by atoms with E-state index in [0.717, 1.165) is 19.4 Å². The number of likely N-dealkylation sites (N-methyl/N-ethyl adjacent to an activating group) is 1. The average Bonchev–Trinajstić information content (AvgIpc) is 2.84. The van der Waals surface area contributed by atoms with Gasteiger partial charge >= 0.3 is 0 Å². The number of likely N-dealkylation sites (tertiary alicyclic amines) is 2. The third-order valence-electron chi connectivity index (χ3n) is 6.80. The molecule has 3 rings (SSSR count). The largest absolute Gasteiger partial charge is 0.338 e. The summed E-state index contributed by atoms with van der Waals surface area (Å²) in [6.45, 7) is 4.57. The number of carbonyl (C=O) groups is 1. The van der Waals surface area contributed by atoms with Crippen molar-refractivity contribution in [3.63, 3.8) is 0 Å². The van der Waals surface area contributed by atoms with Crippen molar-refractivity contribution in [2.45, 2.75) is 89.1 Å². The van der Waals surface area contributed by atoms with Crippen molar-refractivity contribution >= 4 is 5.91 Å². The molecule has 0 spiro atoms. The van der Waals surface area contributed by atoms with Crippen molar-refractivity contribution in [2.75, 3.05) is 20.1 Å². The summed E-state index contributed by atoms with van der Waals surface area (Å²) in [7, 11) is 2.27. The van der Waals surface area contributed by atoms with E-state index in [-0.39, 0.29) is 5.54 Å². The summed E-state index contributed by atoms with van der Waals surface area (Å²) in [5.41, 5.74) is 0.211. The summed E-state index contributed by atoms with van der Waals surface area (Å²) in [6, 6.07) is 0.453. The van der Waals surface area contributed by atoms with Crippen LogP contribution in [0.1, 0.15) is 77.6 Å². The lowest BCUT2D eigenvalue weighted by Gasteiger charge is -2.44. The molecule has 1 aliphatic carbocycles. The smallest absolute Gasteiger partial charge is 0.223 e. The first-order valence-electron chi connectivity index (χ1n) is 9.62. The van der Waals surface area contributed by atoms with E-state index in [4.69, 9.17) is 0 Å². The summed E-state index contributed by atoms with van der Waals surface area (Å²) in [5, 5.41) is 0. The van der Waals surface area contributed by atoms with E-state index in [0.29, 0.717) is 17.9 Å². The van der Waals surface area contributed by atoms with Crippen LogP contribution in [0.5, 0.6) is 0 Å². The Bertz CT molecular complexity index is 391. The lowest BCUT2D eigenvalue weighted by Crippen LogP contribution is -2.55. The Balaban J connectivity index is 1.66. The third-order valence-corrected chi connectivity index (χ3v) is 6.80. The average molecular weight is 306 g/mol. The fourth-order valence-electron chi connectivity index (χ4n) is 5.09. The molecular formula is C19H34N2O. The molecule has 1 saturated carbocycles. The summed E-state index contributed by atoms with van der Waals surface area (Å²) in [6.07, 6.45) is 13.7. The number of amides is 1. The Kier molecular flexibility index (Phi) is 5.11. The van der Waals surface area contributed by atoms with Gasteiger partial charge in [0.05, 0.1) is 0 Å². The number of hydrogen-bond acceptors (Lipinski definition) is 2. The maximum absolute atomic E-state index is 12.9. The van der Waals surface area contributed by atoms with Crippen LogP contribution < -0.4 is 0 Å². The van der Waals surface area contributed by atoms with Gasteiger partial charge in [-0.25, -0.2) is 0 Å². The molecule has 2 heterocycles. The molecule has 0 unspecified atom stereocenters. The Labute approximate surface area is 136 Å². The van der Waals surface area contributed by atoms with Gasteiger partial charge in [-0.2, -0.15) is 0 Å². The topological polar surface area (TPSA) is 23.6 Å². The quantitative estimate of drug-likeness (QED) is 0.774. The lowest BCUT2D eigenvalue weighted by atomic mass is 9.84. The molecule has 0 aromatic heterocycles. The minimum atomic E-state index is 0.211. The van der Waals surface area contributed by atoms with Gasteiger partial charge in [0.1, 0.15) is 0 Å². The van der Waals surface area contributed by atoms with E-state index in [1.807, 2.05) is 0 Å². The summed E-state index contributed by atoms with van der Waals surface area (Å²) < 4.78 is 0. The molecule has 3 heteroatoms. The second-order valence-corrected chi connectivity index (χ2v) is 8.19. The number of rotatable bonds is 2. The van der Waals surface area contributed by atoms with Crippen molar-refractivity contribution in [2.24, 2.45) is 5.92 Å². The zero-order valence-corrected chi connectivity index (χ0v) is 14.6. The first-order valence-corrected chi connectivity index (χ1v) is 9.62. The molecule has 1 amide bonds. The Morgan fingerprint density at radius 2 is 1.68 bits per heavy atom. The molecule has 3 fully saturated rings. The van der Waals surface area contributed by atoms with Crippen LogP contribution in [-0.2, 0) is 4.79 Å². The molecule has 22 heavy (non-hydrogen) atoms. The lowest BCUT2D eigenvalue weighted by molar-refractivity contribution is -0.134. The molecule has 0 N–H and O–H groups in total. The van der Waals surface area contributed by atoms with Crippen molar-refractivity contribution in [3.8, 4) is 0 Å². The van der Waals surface area contributed by atoms with Crippen molar-refractivity contribution in [1.82, 2.24) is 9.80 Å². The normalized spacial score (nSPS) is 35.0. The number of fused-ring (bicyclic) bond motifs is 1. The van der Waals surface area contributed by atoms with E-state index in [2.05, 4.69) is 23.8 Å². The van der Waals surface area contributed by atoms with E-state index < -0.39 is 0 Å².